The van der Waals surface area contributed by atoms with Gasteiger partial charge < -0.3 is 24.8 Å². The Morgan fingerprint density at radius 2 is 1.26 bits per heavy atom. The normalized spacial score (nSPS) is 12.1. The number of ether oxygens (including phenoxy) is 2. The van der Waals surface area contributed by atoms with Gasteiger partial charge in [-0.05, 0) is 78.1 Å². The maximum Gasteiger partial charge on any atom is 0.253 e. The van der Waals surface area contributed by atoms with Gasteiger partial charge in [0.15, 0.2) is 0 Å². The predicted octanol–water partition coefficient (Wildman–Crippen LogP) is 7.03. The van der Waals surface area contributed by atoms with E-state index in [1.165, 1.54) is 0 Å². The lowest BCUT2D eigenvalue weighted by Gasteiger charge is -2.28. The molecule has 2 N–H and O–H groups in total. The molecule has 5 aromatic rings. The average Bonchev–Trinajstić information content (AvgIpc) is 3.13. The Labute approximate surface area is 276 Å². The molecule has 7 nitrogen and oxygen atoms in total. The van der Waals surface area contributed by atoms with Crippen molar-refractivity contribution >= 4 is 11.8 Å². The van der Waals surface area contributed by atoms with Gasteiger partial charge >= 0.3 is 0 Å². The molecule has 2 atom stereocenters. The van der Waals surface area contributed by atoms with Crippen LogP contribution in [0.2, 0.25) is 0 Å². The summed E-state index contributed by atoms with van der Waals surface area (Å²) in [4.78, 5) is 28.5. The summed E-state index contributed by atoms with van der Waals surface area (Å²) in [5.41, 5.74) is 4.19. The monoisotopic (exact) mass is 628 g/mol. The SMILES string of the molecule is COCCN(CCC(O)C(Cc1ccc(-c2ccccc2)cc1)NC(=O)c1ccc(Oc2ccccc2)cc1)C(=O)c1ccccc1. The standard InChI is InChI=1S/C40H40N2O5/c1-46-28-27-42(40(45)34-13-7-3-8-14-34)26-25-38(43)37(29-30-17-19-32(20-18-30)31-11-5-2-6-12-31)41-39(44)33-21-23-36(24-22-33)47-35-15-9-4-10-16-35/h2-24,37-38,43H,25-29H2,1H3,(H,41,44). The van der Waals surface area contributed by atoms with E-state index in [0.29, 0.717) is 48.7 Å². The van der Waals surface area contributed by atoms with Crippen LogP contribution >= 0.6 is 0 Å². The van der Waals surface area contributed by atoms with E-state index in [1.54, 1.807) is 48.4 Å². The Bertz CT molecular complexity index is 1680. The number of aliphatic hydroxyl groups is 1. The third kappa shape index (κ3) is 9.63. The van der Waals surface area contributed by atoms with E-state index in [-0.39, 0.29) is 18.2 Å². The molecule has 0 heterocycles. The van der Waals surface area contributed by atoms with E-state index in [1.807, 2.05) is 91.0 Å². The first-order valence-electron chi connectivity index (χ1n) is 15.8. The second-order valence-electron chi connectivity index (χ2n) is 11.3. The number of benzene rings is 5. The molecule has 0 aliphatic heterocycles. The highest BCUT2D eigenvalue weighted by Crippen LogP contribution is 2.23. The van der Waals surface area contributed by atoms with Gasteiger partial charge in [0.05, 0.1) is 18.8 Å². The fraction of sp³-hybridized carbons (Fsp3) is 0.200. The molecule has 2 amide bonds. The lowest BCUT2D eigenvalue weighted by atomic mass is 9.96. The summed E-state index contributed by atoms with van der Waals surface area (Å²) in [7, 11) is 1.59. The molecule has 0 aliphatic carbocycles. The number of amides is 2. The van der Waals surface area contributed by atoms with Crippen LogP contribution in [0.3, 0.4) is 0 Å². The molecule has 0 bridgehead atoms. The van der Waals surface area contributed by atoms with E-state index >= 15 is 0 Å². The van der Waals surface area contributed by atoms with Crippen LogP contribution in [0.15, 0.2) is 140 Å². The smallest absolute Gasteiger partial charge is 0.253 e. The zero-order valence-electron chi connectivity index (χ0n) is 26.5. The third-order valence-corrected chi connectivity index (χ3v) is 7.96. The summed E-state index contributed by atoms with van der Waals surface area (Å²) in [6.45, 7) is 1.04. The molecule has 5 aromatic carbocycles. The van der Waals surface area contributed by atoms with Crippen LogP contribution in [-0.2, 0) is 11.2 Å². The number of hydrogen-bond donors (Lipinski definition) is 2. The molecule has 5 rings (SSSR count). The molecule has 0 radical (unpaired) electrons. The highest BCUT2D eigenvalue weighted by Gasteiger charge is 2.25. The van der Waals surface area contributed by atoms with E-state index in [0.717, 1.165) is 16.7 Å². The first kappa shape index (κ1) is 33.1. The molecular formula is C40H40N2O5. The highest BCUT2D eigenvalue weighted by atomic mass is 16.5. The quantitative estimate of drug-likeness (QED) is 0.130. The van der Waals surface area contributed by atoms with Gasteiger partial charge in [-0.2, -0.15) is 0 Å². The maximum atomic E-state index is 13.5. The van der Waals surface area contributed by atoms with E-state index < -0.39 is 12.1 Å². The van der Waals surface area contributed by atoms with Crippen molar-refractivity contribution in [3.63, 3.8) is 0 Å². The van der Waals surface area contributed by atoms with Crippen molar-refractivity contribution in [2.45, 2.75) is 25.0 Å². The Kier molecular flexibility index (Phi) is 11.9. The Balaban J connectivity index is 1.30. The summed E-state index contributed by atoms with van der Waals surface area (Å²) in [5, 5.41) is 14.6. The fourth-order valence-electron chi connectivity index (χ4n) is 5.32. The highest BCUT2D eigenvalue weighted by molar-refractivity contribution is 5.95. The topological polar surface area (TPSA) is 88.1 Å². The molecular weight excluding hydrogens is 588 g/mol. The number of nitrogens with zero attached hydrogens (tertiary/aromatic N) is 1. The molecule has 0 spiro atoms. The summed E-state index contributed by atoms with van der Waals surface area (Å²) >= 11 is 0. The van der Waals surface area contributed by atoms with E-state index in [9.17, 15) is 14.7 Å². The Morgan fingerprint density at radius 1 is 0.681 bits per heavy atom. The number of carbonyl (C=O) groups is 2. The number of carbonyl (C=O) groups excluding carboxylic acids is 2. The van der Waals surface area contributed by atoms with Crippen LogP contribution in [0.1, 0.15) is 32.7 Å². The first-order valence-corrected chi connectivity index (χ1v) is 15.8. The van der Waals surface area contributed by atoms with Gasteiger partial charge in [-0.25, -0.2) is 0 Å². The van der Waals surface area contributed by atoms with Crippen LogP contribution < -0.4 is 10.1 Å². The molecule has 240 valence electrons. The number of nitrogens with one attached hydrogen (secondary N) is 1. The second-order valence-corrected chi connectivity index (χ2v) is 11.3. The number of rotatable bonds is 15. The Hall–Kier alpha value is -5.24. The number of para-hydroxylation sites is 1. The number of aliphatic hydroxyl groups excluding tert-OH is 1. The van der Waals surface area contributed by atoms with Gasteiger partial charge in [0.1, 0.15) is 11.5 Å². The second kappa shape index (κ2) is 16.9. The van der Waals surface area contributed by atoms with Crippen molar-refractivity contribution in [2.24, 2.45) is 0 Å². The number of methoxy groups -OCH3 is 1. The first-order chi connectivity index (χ1) is 23.0. The molecule has 0 aromatic heterocycles. The minimum Gasteiger partial charge on any atom is -0.457 e. The van der Waals surface area contributed by atoms with Crippen molar-refractivity contribution in [1.82, 2.24) is 10.2 Å². The Morgan fingerprint density at radius 3 is 1.89 bits per heavy atom. The van der Waals surface area contributed by atoms with Gasteiger partial charge in [-0.3, -0.25) is 9.59 Å². The molecule has 0 aliphatic rings. The van der Waals surface area contributed by atoms with Crippen LogP contribution in [-0.4, -0.2) is 60.8 Å². The van der Waals surface area contributed by atoms with Crippen LogP contribution in [0, 0.1) is 0 Å². The average molecular weight is 629 g/mol. The van der Waals surface area contributed by atoms with Crippen LogP contribution in [0.25, 0.3) is 11.1 Å². The summed E-state index contributed by atoms with van der Waals surface area (Å²) in [5.74, 6) is 0.876. The molecule has 2 unspecified atom stereocenters. The molecule has 0 saturated heterocycles. The van der Waals surface area contributed by atoms with Crippen LogP contribution in [0.4, 0.5) is 0 Å². The minimum absolute atomic E-state index is 0.134. The van der Waals surface area contributed by atoms with Gasteiger partial charge in [-0.15, -0.1) is 0 Å². The van der Waals surface area contributed by atoms with Gasteiger partial charge in [-0.1, -0.05) is 91.0 Å². The zero-order chi connectivity index (χ0) is 32.8. The lowest BCUT2D eigenvalue weighted by molar-refractivity contribution is 0.0595. The predicted molar refractivity (Wildman–Crippen MR) is 185 cm³/mol. The van der Waals surface area contributed by atoms with Crippen molar-refractivity contribution in [3.8, 4) is 22.6 Å². The van der Waals surface area contributed by atoms with Crippen molar-refractivity contribution in [2.75, 3.05) is 26.8 Å². The molecule has 7 heteroatoms. The minimum atomic E-state index is -0.929. The number of hydrogen-bond acceptors (Lipinski definition) is 5. The van der Waals surface area contributed by atoms with Crippen molar-refractivity contribution < 1.29 is 24.2 Å². The molecule has 0 saturated carbocycles. The molecule has 0 fully saturated rings. The van der Waals surface area contributed by atoms with Gasteiger partial charge in [0.25, 0.3) is 11.8 Å². The summed E-state index contributed by atoms with van der Waals surface area (Å²) in [6, 6.07) is 43.0. The molecule has 47 heavy (non-hydrogen) atoms. The van der Waals surface area contributed by atoms with E-state index in [4.69, 9.17) is 9.47 Å². The van der Waals surface area contributed by atoms with Gasteiger partial charge in [0.2, 0.25) is 0 Å². The summed E-state index contributed by atoms with van der Waals surface area (Å²) < 4.78 is 11.1. The lowest BCUT2D eigenvalue weighted by Crippen LogP contribution is -2.46. The maximum absolute atomic E-state index is 13.5. The summed E-state index contributed by atoms with van der Waals surface area (Å²) in [6.07, 6.45) is -0.261. The van der Waals surface area contributed by atoms with E-state index in [2.05, 4.69) is 17.4 Å². The van der Waals surface area contributed by atoms with Crippen LogP contribution in [0.5, 0.6) is 11.5 Å². The zero-order valence-corrected chi connectivity index (χ0v) is 26.5. The van der Waals surface area contributed by atoms with Gasteiger partial charge in [0, 0.05) is 31.3 Å². The fourth-order valence-corrected chi connectivity index (χ4v) is 5.32. The van der Waals surface area contributed by atoms with Crippen molar-refractivity contribution in [1.29, 1.82) is 0 Å². The third-order valence-electron chi connectivity index (χ3n) is 7.96. The van der Waals surface area contributed by atoms with Crippen molar-refractivity contribution in [3.05, 3.63) is 156 Å². The largest absolute Gasteiger partial charge is 0.457 e.